The Balaban J connectivity index is 1.49. The standard InChI is InChI=1S/C18H19N3O3S/c22-16(19-11-14-7-4-10-25-14)12-21-17(23)15(20-18(21)24)9-8-13-5-2-1-3-6-13/h1-7,10,15H,8-9,11-12H2,(H,19,22)(H,20,24)/t15-/m1/s1. The summed E-state index contributed by atoms with van der Waals surface area (Å²) >= 11 is 1.54. The lowest BCUT2D eigenvalue weighted by molar-refractivity contribution is -0.132. The molecule has 0 radical (unpaired) electrons. The Morgan fingerprint density at radius 3 is 2.68 bits per heavy atom. The Bertz CT molecular complexity index is 746. The quantitative estimate of drug-likeness (QED) is 0.743. The average molecular weight is 357 g/mol. The second-order valence-corrected chi connectivity index (χ2v) is 6.84. The lowest BCUT2D eigenvalue weighted by atomic mass is 10.1. The zero-order chi connectivity index (χ0) is 17.6. The van der Waals surface area contributed by atoms with E-state index >= 15 is 0 Å². The number of aryl methyl sites for hydroxylation is 1. The van der Waals surface area contributed by atoms with Gasteiger partial charge in [0.05, 0.1) is 6.54 Å². The summed E-state index contributed by atoms with van der Waals surface area (Å²) in [5.41, 5.74) is 1.11. The summed E-state index contributed by atoms with van der Waals surface area (Å²) in [7, 11) is 0. The van der Waals surface area contributed by atoms with Gasteiger partial charge in [-0.05, 0) is 29.9 Å². The molecular formula is C18H19N3O3S. The van der Waals surface area contributed by atoms with Crippen LogP contribution in [0.15, 0.2) is 47.8 Å². The number of urea groups is 1. The molecule has 2 heterocycles. The van der Waals surface area contributed by atoms with E-state index in [1.807, 2.05) is 47.8 Å². The fourth-order valence-corrected chi connectivity index (χ4v) is 3.32. The first-order valence-corrected chi connectivity index (χ1v) is 8.96. The summed E-state index contributed by atoms with van der Waals surface area (Å²) in [6, 6.07) is 12.5. The van der Waals surface area contributed by atoms with E-state index in [0.29, 0.717) is 19.4 Å². The van der Waals surface area contributed by atoms with E-state index in [4.69, 9.17) is 0 Å². The Morgan fingerprint density at radius 2 is 1.96 bits per heavy atom. The van der Waals surface area contributed by atoms with Crippen LogP contribution >= 0.6 is 11.3 Å². The largest absolute Gasteiger partial charge is 0.350 e. The highest BCUT2D eigenvalue weighted by atomic mass is 32.1. The first-order chi connectivity index (χ1) is 12.1. The number of carbonyl (C=O) groups is 3. The van der Waals surface area contributed by atoms with E-state index in [1.54, 1.807) is 0 Å². The van der Waals surface area contributed by atoms with Crippen molar-refractivity contribution < 1.29 is 14.4 Å². The maximum atomic E-state index is 12.4. The molecule has 1 aliphatic heterocycles. The predicted octanol–water partition coefficient (Wildman–Crippen LogP) is 1.92. The molecule has 1 fully saturated rings. The van der Waals surface area contributed by atoms with Gasteiger partial charge in [-0.15, -0.1) is 11.3 Å². The van der Waals surface area contributed by atoms with Gasteiger partial charge in [0.25, 0.3) is 5.91 Å². The molecule has 3 rings (SSSR count). The smallest absolute Gasteiger partial charge is 0.325 e. The van der Waals surface area contributed by atoms with Crippen molar-refractivity contribution in [1.82, 2.24) is 15.5 Å². The molecule has 6 nitrogen and oxygen atoms in total. The van der Waals surface area contributed by atoms with Gasteiger partial charge in [-0.1, -0.05) is 36.4 Å². The normalized spacial score (nSPS) is 16.8. The van der Waals surface area contributed by atoms with Crippen LogP contribution in [0.4, 0.5) is 4.79 Å². The average Bonchev–Trinajstić information content (AvgIpc) is 3.23. The van der Waals surface area contributed by atoms with Gasteiger partial charge < -0.3 is 10.6 Å². The number of carbonyl (C=O) groups excluding carboxylic acids is 3. The zero-order valence-corrected chi connectivity index (χ0v) is 14.4. The van der Waals surface area contributed by atoms with Gasteiger partial charge in [0, 0.05) is 4.88 Å². The Hall–Kier alpha value is -2.67. The lowest BCUT2D eigenvalue weighted by Crippen LogP contribution is -2.40. The van der Waals surface area contributed by atoms with Crippen LogP contribution in [0.25, 0.3) is 0 Å². The Morgan fingerprint density at radius 1 is 1.16 bits per heavy atom. The number of hydrogen-bond donors (Lipinski definition) is 2. The van der Waals surface area contributed by atoms with Crippen LogP contribution in [-0.4, -0.2) is 35.3 Å². The fourth-order valence-electron chi connectivity index (χ4n) is 2.68. The van der Waals surface area contributed by atoms with Crippen LogP contribution in [0.1, 0.15) is 16.9 Å². The van der Waals surface area contributed by atoms with E-state index in [9.17, 15) is 14.4 Å². The topological polar surface area (TPSA) is 78.5 Å². The van der Waals surface area contributed by atoms with Gasteiger partial charge in [0.1, 0.15) is 12.6 Å². The van der Waals surface area contributed by atoms with E-state index in [0.717, 1.165) is 15.3 Å². The highest BCUT2D eigenvalue weighted by Crippen LogP contribution is 2.13. The fraction of sp³-hybridized carbons (Fsp3) is 0.278. The summed E-state index contributed by atoms with van der Waals surface area (Å²) in [4.78, 5) is 38.4. The lowest BCUT2D eigenvalue weighted by Gasteiger charge is -2.12. The number of imide groups is 1. The summed E-state index contributed by atoms with van der Waals surface area (Å²) in [5.74, 6) is -0.687. The molecule has 7 heteroatoms. The highest BCUT2D eigenvalue weighted by molar-refractivity contribution is 7.09. The van der Waals surface area contributed by atoms with Gasteiger partial charge in [-0.2, -0.15) is 0 Å². The number of nitrogens with zero attached hydrogens (tertiary/aromatic N) is 1. The number of hydrogen-bond acceptors (Lipinski definition) is 4. The number of thiophene rings is 1. The monoisotopic (exact) mass is 357 g/mol. The molecule has 130 valence electrons. The minimum Gasteiger partial charge on any atom is -0.350 e. The summed E-state index contributed by atoms with van der Waals surface area (Å²) in [6.07, 6.45) is 1.21. The molecule has 1 atom stereocenters. The minimum absolute atomic E-state index is 0.252. The van der Waals surface area contributed by atoms with Gasteiger partial charge in [-0.25, -0.2) is 4.79 Å². The van der Waals surface area contributed by atoms with Crippen molar-refractivity contribution in [2.24, 2.45) is 0 Å². The van der Waals surface area contributed by atoms with Crippen molar-refractivity contribution in [3.05, 3.63) is 58.3 Å². The molecule has 0 aliphatic carbocycles. The minimum atomic E-state index is -0.571. The second-order valence-electron chi connectivity index (χ2n) is 5.81. The highest BCUT2D eigenvalue weighted by Gasteiger charge is 2.38. The molecule has 4 amide bonds. The van der Waals surface area contributed by atoms with Gasteiger partial charge >= 0.3 is 6.03 Å². The number of rotatable bonds is 7. The van der Waals surface area contributed by atoms with Crippen molar-refractivity contribution >= 4 is 29.2 Å². The van der Waals surface area contributed by atoms with Gasteiger partial charge in [-0.3, -0.25) is 14.5 Å². The summed E-state index contributed by atoms with van der Waals surface area (Å²) in [5, 5.41) is 7.31. The summed E-state index contributed by atoms with van der Waals surface area (Å²) < 4.78 is 0. The molecule has 0 bridgehead atoms. The maximum Gasteiger partial charge on any atom is 0.325 e. The molecule has 25 heavy (non-hydrogen) atoms. The predicted molar refractivity (Wildman–Crippen MR) is 95.0 cm³/mol. The molecule has 0 unspecified atom stereocenters. The molecular weight excluding hydrogens is 338 g/mol. The third kappa shape index (κ3) is 4.45. The SMILES string of the molecule is O=C(CN1C(=O)N[C@H](CCc2ccccc2)C1=O)NCc1cccs1. The second kappa shape index (κ2) is 7.94. The van der Waals surface area contributed by atoms with E-state index in [-0.39, 0.29) is 18.4 Å². The number of benzene rings is 1. The molecule has 1 saturated heterocycles. The van der Waals surface area contributed by atoms with Crippen molar-refractivity contribution in [2.45, 2.75) is 25.4 Å². The van der Waals surface area contributed by atoms with E-state index in [1.165, 1.54) is 11.3 Å². The van der Waals surface area contributed by atoms with Crippen LogP contribution in [0.3, 0.4) is 0 Å². The number of nitrogens with one attached hydrogen (secondary N) is 2. The Labute approximate surface area is 149 Å². The van der Waals surface area contributed by atoms with Crippen LogP contribution in [0.2, 0.25) is 0 Å². The third-order valence-corrected chi connectivity index (χ3v) is 4.89. The molecule has 0 saturated carbocycles. The molecule has 1 aromatic heterocycles. The molecule has 1 aromatic carbocycles. The maximum absolute atomic E-state index is 12.4. The summed E-state index contributed by atoms with van der Waals surface area (Å²) in [6.45, 7) is 0.148. The molecule has 2 N–H and O–H groups in total. The van der Waals surface area contributed by atoms with Crippen molar-refractivity contribution in [3.63, 3.8) is 0 Å². The van der Waals surface area contributed by atoms with E-state index in [2.05, 4.69) is 10.6 Å². The van der Waals surface area contributed by atoms with Gasteiger partial charge in [0.15, 0.2) is 0 Å². The van der Waals surface area contributed by atoms with Crippen LogP contribution < -0.4 is 10.6 Å². The Kier molecular flexibility index (Phi) is 5.45. The molecule has 1 aliphatic rings. The van der Waals surface area contributed by atoms with Crippen molar-refractivity contribution in [2.75, 3.05) is 6.54 Å². The third-order valence-electron chi connectivity index (χ3n) is 4.01. The van der Waals surface area contributed by atoms with Crippen LogP contribution in [0.5, 0.6) is 0 Å². The van der Waals surface area contributed by atoms with Crippen molar-refractivity contribution in [1.29, 1.82) is 0 Å². The van der Waals surface area contributed by atoms with Crippen LogP contribution in [-0.2, 0) is 22.6 Å². The van der Waals surface area contributed by atoms with Crippen LogP contribution in [0, 0.1) is 0 Å². The van der Waals surface area contributed by atoms with Gasteiger partial charge in [0.2, 0.25) is 5.91 Å². The first-order valence-electron chi connectivity index (χ1n) is 8.08. The zero-order valence-electron chi connectivity index (χ0n) is 13.6. The van der Waals surface area contributed by atoms with Crippen molar-refractivity contribution in [3.8, 4) is 0 Å². The molecule has 2 aromatic rings. The van der Waals surface area contributed by atoms with E-state index < -0.39 is 12.1 Å². The number of amides is 4. The molecule has 0 spiro atoms. The first kappa shape index (κ1) is 17.2.